The van der Waals surface area contributed by atoms with E-state index in [-0.39, 0.29) is 0 Å². The highest BCUT2D eigenvalue weighted by molar-refractivity contribution is 7.80. The Morgan fingerprint density at radius 3 is 1.65 bits per heavy atom. The zero-order valence-electron chi connectivity index (χ0n) is 10.5. The predicted octanol–water partition coefficient (Wildman–Crippen LogP) is 1.31. The van der Waals surface area contributed by atoms with E-state index in [1.165, 1.54) is 0 Å². The SMILES string of the molecule is S=C(NN=Cc1ccncc1)N/N=C\c1ccncc1. The molecule has 0 bridgehead atoms. The third-order valence-corrected chi connectivity index (χ3v) is 2.35. The number of nitrogens with one attached hydrogen (secondary N) is 2. The second-order valence-corrected chi connectivity index (χ2v) is 4.04. The Labute approximate surface area is 121 Å². The van der Waals surface area contributed by atoms with Gasteiger partial charge in [0, 0.05) is 24.8 Å². The summed E-state index contributed by atoms with van der Waals surface area (Å²) >= 11 is 5.01. The van der Waals surface area contributed by atoms with E-state index < -0.39 is 0 Å². The quantitative estimate of drug-likeness (QED) is 0.503. The van der Waals surface area contributed by atoms with Gasteiger partial charge in [0.1, 0.15) is 0 Å². The molecule has 0 aliphatic heterocycles. The zero-order valence-corrected chi connectivity index (χ0v) is 11.3. The van der Waals surface area contributed by atoms with Crippen molar-refractivity contribution in [1.82, 2.24) is 20.8 Å². The predicted molar refractivity (Wildman–Crippen MR) is 82.5 cm³/mol. The molecule has 2 N–H and O–H groups in total. The van der Waals surface area contributed by atoms with Crippen molar-refractivity contribution in [1.29, 1.82) is 0 Å². The fourth-order valence-electron chi connectivity index (χ4n) is 1.25. The summed E-state index contributed by atoms with van der Waals surface area (Å²) in [6.07, 6.45) is 10.0. The lowest BCUT2D eigenvalue weighted by Gasteiger charge is -2.00. The molecule has 2 rings (SSSR count). The van der Waals surface area contributed by atoms with Crippen LogP contribution in [0, 0.1) is 0 Å². The molecule has 0 unspecified atom stereocenters. The average molecular weight is 284 g/mol. The van der Waals surface area contributed by atoms with Crippen LogP contribution in [0.3, 0.4) is 0 Å². The number of rotatable bonds is 4. The van der Waals surface area contributed by atoms with E-state index in [2.05, 4.69) is 31.0 Å². The van der Waals surface area contributed by atoms with Gasteiger partial charge < -0.3 is 0 Å². The summed E-state index contributed by atoms with van der Waals surface area (Å²) in [5.41, 5.74) is 7.17. The van der Waals surface area contributed by atoms with Crippen molar-refractivity contribution >= 4 is 29.8 Å². The summed E-state index contributed by atoms with van der Waals surface area (Å²) < 4.78 is 0. The molecule has 0 spiro atoms. The van der Waals surface area contributed by atoms with Crippen molar-refractivity contribution in [3.63, 3.8) is 0 Å². The molecule has 0 aliphatic rings. The van der Waals surface area contributed by atoms with E-state index in [4.69, 9.17) is 12.2 Å². The lowest BCUT2D eigenvalue weighted by Crippen LogP contribution is -2.28. The van der Waals surface area contributed by atoms with E-state index >= 15 is 0 Å². The fourth-order valence-corrected chi connectivity index (χ4v) is 1.36. The summed E-state index contributed by atoms with van der Waals surface area (Å²) in [6, 6.07) is 7.35. The van der Waals surface area contributed by atoms with E-state index in [9.17, 15) is 0 Å². The summed E-state index contributed by atoms with van der Waals surface area (Å²) in [4.78, 5) is 7.83. The first kappa shape index (κ1) is 13.8. The minimum Gasteiger partial charge on any atom is -0.265 e. The molecule has 6 nitrogen and oxygen atoms in total. The highest BCUT2D eigenvalue weighted by atomic mass is 32.1. The molecule has 0 amide bonds. The van der Waals surface area contributed by atoms with Gasteiger partial charge in [-0.15, -0.1) is 0 Å². The molecule has 0 saturated heterocycles. The second-order valence-electron chi connectivity index (χ2n) is 3.63. The fraction of sp³-hybridized carbons (Fsp3) is 0. The zero-order chi connectivity index (χ0) is 14.0. The van der Waals surface area contributed by atoms with Crippen LogP contribution in [-0.4, -0.2) is 27.5 Å². The number of aromatic nitrogens is 2. The van der Waals surface area contributed by atoms with Crippen LogP contribution in [0.2, 0.25) is 0 Å². The molecule has 2 aromatic heterocycles. The van der Waals surface area contributed by atoms with Crippen molar-refractivity contribution in [2.75, 3.05) is 0 Å². The lowest BCUT2D eigenvalue weighted by molar-refractivity contribution is 0.934. The average Bonchev–Trinajstić information content (AvgIpc) is 2.49. The van der Waals surface area contributed by atoms with E-state index in [0.29, 0.717) is 5.11 Å². The summed E-state index contributed by atoms with van der Waals surface area (Å²) in [6.45, 7) is 0. The molecular weight excluding hydrogens is 272 g/mol. The number of hydrogen-bond donors (Lipinski definition) is 2. The summed E-state index contributed by atoms with van der Waals surface area (Å²) in [7, 11) is 0. The summed E-state index contributed by atoms with van der Waals surface area (Å²) in [5, 5.41) is 8.26. The summed E-state index contributed by atoms with van der Waals surface area (Å²) in [5.74, 6) is 0. The normalized spacial score (nSPS) is 10.8. The van der Waals surface area contributed by atoms with Gasteiger partial charge in [-0.2, -0.15) is 10.2 Å². The molecule has 0 aromatic carbocycles. The van der Waals surface area contributed by atoms with Gasteiger partial charge in [0.25, 0.3) is 0 Å². The van der Waals surface area contributed by atoms with Crippen LogP contribution < -0.4 is 10.9 Å². The first-order valence-corrected chi connectivity index (χ1v) is 6.17. The van der Waals surface area contributed by atoms with Crippen LogP contribution in [0.1, 0.15) is 11.1 Å². The molecule has 0 fully saturated rings. The number of nitrogens with zero attached hydrogens (tertiary/aromatic N) is 4. The molecule has 0 radical (unpaired) electrons. The van der Waals surface area contributed by atoms with Crippen LogP contribution in [0.25, 0.3) is 0 Å². The van der Waals surface area contributed by atoms with Crippen molar-refractivity contribution in [2.45, 2.75) is 0 Å². The maximum atomic E-state index is 5.01. The van der Waals surface area contributed by atoms with Gasteiger partial charge in [-0.25, -0.2) is 0 Å². The third-order valence-electron chi connectivity index (χ3n) is 2.17. The van der Waals surface area contributed by atoms with Gasteiger partial charge in [0.15, 0.2) is 0 Å². The molecule has 0 atom stereocenters. The van der Waals surface area contributed by atoms with Gasteiger partial charge in [-0.3, -0.25) is 20.8 Å². The highest BCUT2D eigenvalue weighted by Crippen LogP contribution is 1.91. The first-order valence-electron chi connectivity index (χ1n) is 5.77. The largest absolute Gasteiger partial charge is 0.265 e. The smallest absolute Gasteiger partial charge is 0.207 e. The number of hydrazone groups is 2. The minimum absolute atomic E-state index is 0.306. The van der Waals surface area contributed by atoms with Gasteiger partial charge in [-0.1, -0.05) is 0 Å². The van der Waals surface area contributed by atoms with Crippen LogP contribution >= 0.6 is 12.2 Å². The number of hydrogen-bond acceptors (Lipinski definition) is 5. The van der Waals surface area contributed by atoms with Gasteiger partial charge in [-0.05, 0) is 47.6 Å². The van der Waals surface area contributed by atoms with Crippen LogP contribution in [0.5, 0.6) is 0 Å². The Kier molecular flexibility index (Phi) is 5.29. The lowest BCUT2D eigenvalue weighted by atomic mass is 10.3. The topological polar surface area (TPSA) is 74.6 Å². The van der Waals surface area contributed by atoms with Crippen LogP contribution in [0.15, 0.2) is 59.3 Å². The van der Waals surface area contributed by atoms with E-state index in [0.717, 1.165) is 11.1 Å². The molecule has 2 aromatic rings. The molecule has 20 heavy (non-hydrogen) atoms. The third kappa shape index (κ3) is 4.91. The Balaban J connectivity index is 1.76. The Morgan fingerprint density at radius 2 is 1.25 bits per heavy atom. The van der Waals surface area contributed by atoms with Gasteiger partial charge in [0.2, 0.25) is 5.11 Å². The maximum absolute atomic E-state index is 5.01. The monoisotopic (exact) mass is 284 g/mol. The standard InChI is InChI=1S/C13H12N6S/c20-13(18-16-9-11-1-5-14-6-2-11)19-17-10-12-3-7-15-8-4-12/h1-10H,(H2,18,19,20)/b16-9-,17-10?. The molecule has 100 valence electrons. The Hall–Kier alpha value is -2.67. The van der Waals surface area contributed by atoms with Crippen molar-refractivity contribution in [2.24, 2.45) is 10.2 Å². The van der Waals surface area contributed by atoms with Crippen LogP contribution in [0.4, 0.5) is 0 Å². The van der Waals surface area contributed by atoms with Crippen molar-refractivity contribution < 1.29 is 0 Å². The van der Waals surface area contributed by atoms with E-state index in [1.54, 1.807) is 37.2 Å². The maximum Gasteiger partial charge on any atom is 0.207 e. The van der Waals surface area contributed by atoms with Gasteiger partial charge in [0.05, 0.1) is 12.4 Å². The minimum atomic E-state index is 0.306. The van der Waals surface area contributed by atoms with E-state index in [1.807, 2.05) is 24.3 Å². The molecule has 2 heterocycles. The molecule has 0 aliphatic carbocycles. The second kappa shape index (κ2) is 7.70. The number of pyridine rings is 2. The van der Waals surface area contributed by atoms with Crippen LogP contribution in [-0.2, 0) is 0 Å². The van der Waals surface area contributed by atoms with Crippen molar-refractivity contribution in [3.8, 4) is 0 Å². The molecule has 7 heteroatoms. The molecular formula is C13H12N6S. The highest BCUT2D eigenvalue weighted by Gasteiger charge is 1.90. The Bertz CT molecular complexity index is 543. The number of thiocarbonyl (C=S) groups is 1. The first-order chi connectivity index (χ1) is 9.84. The van der Waals surface area contributed by atoms with Crippen molar-refractivity contribution in [3.05, 3.63) is 60.2 Å². The molecule has 0 saturated carbocycles. The van der Waals surface area contributed by atoms with Gasteiger partial charge >= 0.3 is 0 Å². The Morgan fingerprint density at radius 1 is 0.850 bits per heavy atom.